The van der Waals surface area contributed by atoms with E-state index in [4.69, 9.17) is 4.74 Å². The van der Waals surface area contributed by atoms with E-state index in [2.05, 4.69) is 0 Å². The Morgan fingerprint density at radius 1 is 1.11 bits per heavy atom. The van der Waals surface area contributed by atoms with Crippen molar-refractivity contribution >= 4 is 23.6 Å². The lowest BCUT2D eigenvalue weighted by atomic mass is 10.1. The first-order valence-electron chi connectivity index (χ1n) is 9.07. The molecule has 6 heteroatoms. The molecule has 0 spiro atoms. The summed E-state index contributed by atoms with van der Waals surface area (Å²) in [5.41, 5.74) is 1.98. The summed E-state index contributed by atoms with van der Waals surface area (Å²) in [6.07, 6.45) is 1.72. The number of benzene rings is 2. The Morgan fingerprint density at radius 3 is 2.59 bits per heavy atom. The number of rotatable bonds is 6. The predicted molar refractivity (Wildman–Crippen MR) is 103 cm³/mol. The van der Waals surface area contributed by atoms with Gasteiger partial charge in [-0.15, -0.1) is 11.8 Å². The van der Waals surface area contributed by atoms with E-state index in [1.165, 1.54) is 11.8 Å². The first kappa shape index (κ1) is 17.9. The van der Waals surface area contributed by atoms with Gasteiger partial charge in [0.25, 0.3) is 0 Å². The van der Waals surface area contributed by atoms with Gasteiger partial charge in [-0.2, -0.15) is 0 Å². The normalized spacial score (nSPS) is 21.9. The average Bonchev–Trinajstić information content (AvgIpc) is 3.44. The van der Waals surface area contributed by atoms with Crippen LogP contribution in [0.25, 0.3) is 0 Å². The number of carboxylic acids is 1. The molecule has 1 amide bonds. The highest BCUT2D eigenvalue weighted by Crippen LogP contribution is 2.45. The van der Waals surface area contributed by atoms with Crippen LogP contribution < -0.4 is 4.74 Å². The second kappa shape index (κ2) is 7.64. The number of carbonyl (C=O) groups excluding carboxylic acids is 1. The SMILES string of the molecule is O=C(O)C1CSC(c2cccc(OCc3ccccc3)c2)N1C(=O)C1CC1. The zero-order chi connectivity index (χ0) is 18.8. The molecule has 2 aromatic carbocycles. The lowest BCUT2D eigenvalue weighted by Gasteiger charge is -2.28. The number of ether oxygens (including phenoxy) is 1. The summed E-state index contributed by atoms with van der Waals surface area (Å²) in [6.45, 7) is 0.463. The summed E-state index contributed by atoms with van der Waals surface area (Å²) >= 11 is 1.51. The molecule has 0 radical (unpaired) electrons. The minimum atomic E-state index is -0.935. The van der Waals surface area contributed by atoms with Crippen LogP contribution in [0.4, 0.5) is 0 Å². The number of hydrogen-bond acceptors (Lipinski definition) is 4. The fourth-order valence-electron chi connectivity index (χ4n) is 3.26. The molecular formula is C21H21NO4S. The minimum Gasteiger partial charge on any atom is -0.489 e. The third-order valence-corrected chi connectivity index (χ3v) is 6.18. The molecule has 2 unspecified atom stereocenters. The van der Waals surface area contributed by atoms with E-state index in [1.54, 1.807) is 4.90 Å². The van der Waals surface area contributed by atoms with Gasteiger partial charge >= 0.3 is 5.97 Å². The zero-order valence-electron chi connectivity index (χ0n) is 14.8. The predicted octanol–water partition coefficient (Wildman–Crippen LogP) is 3.70. The van der Waals surface area contributed by atoms with Gasteiger partial charge in [-0.25, -0.2) is 4.79 Å². The van der Waals surface area contributed by atoms with Crippen LogP contribution in [0.5, 0.6) is 5.75 Å². The van der Waals surface area contributed by atoms with Gasteiger partial charge in [0.05, 0.1) is 0 Å². The molecule has 2 fully saturated rings. The van der Waals surface area contributed by atoms with Crippen LogP contribution in [0.3, 0.4) is 0 Å². The van der Waals surface area contributed by atoms with Crippen LogP contribution in [-0.2, 0) is 16.2 Å². The van der Waals surface area contributed by atoms with E-state index < -0.39 is 12.0 Å². The molecule has 1 saturated heterocycles. The molecule has 2 atom stereocenters. The Hall–Kier alpha value is -2.47. The van der Waals surface area contributed by atoms with Crippen LogP contribution in [0, 0.1) is 5.92 Å². The third-order valence-electron chi connectivity index (χ3n) is 4.86. The average molecular weight is 383 g/mol. The zero-order valence-corrected chi connectivity index (χ0v) is 15.6. The lowest BCUT2D eigenvalue weighted by Crippen LogP contribution is -2.43. The Morgan fingerprint density at radius 2 is 1.89 bits per heavy atom. The minimum absolute atomic E-state index is 0.00874. The Bertz CT molecular complexity index is 837. The summed E-state index contributed by atoms with van der Waals surface area (Å²) in [5.74, 6) is 0.150. The first-order valence-corrected chi connectivity index (χ1v) is 10.1. The maximum atomic E-state index is 12.7. The summed E-state index contributed by atoms with van der Waals surface area (Å²) in [4.78, 5) is 25.9. The molecule has 5 nitrogen and oxygen atoms in total. The van der Waals surface area contributed by atoms with Crippen LogP contribution in [0.2, 0.25) is 0 Å². The molecule has 2 aliphatic rings. The molecule has 1 aliphatic heterocycles. The van der Waals surface area contributed by atoms with Crippen molar-refractivity contribution in [1.29, 1.82) is 0 Å². The van der Waals surface area contributed by atoms with E-state index in [0.29, 0.717) is 12.4 Å². The van der Waals surface area contributed by atoms with Crippen LogP contribution in [0.15, 0.2) is 54.6 Å². The molecule has 0 aromatic heterocycles. The van der Waals surface area contributed by atoms with Crippen molar-refractivity contribution in [3.8, 4) is 5.75 Å². The maximum absolute atomic E-state index is 12.7. The number of nitrogens with zero attached hydrogens (tertiary/aromatic N) is 1. The fourth-order valence-corrected chi connectivity index (χ4v) is 4.68. The highest BCUT2D eigenvalue weighted by Gasteiger charge is 2.46. The van der Waals surface area contributed by atoms with Crippen LogP contribution in [-0.4, -0.2) is 33.7 Å². The third kappa shape index (κ3) is 3.95. The van der Waals surface area contributed by atoms with Crippen molar-refractivity contribution in [2.24, 2.45) is 5.92 Å². The second-order valence-corrected chi connectivity index (χ2v) is 8.02. The molecule has 1 saturated carbocycles. The number of hydrogen-bond donors (Lipinski definition) is 1. The quantitative estimate of drug-likeness (QED) is 0.824. The largest absolute Gasteiger partial charge is 0.489 e. The monoisotopic (exact) mass is 383 g/mol. The van der Waals surface area contributed by atoms with E-state index in [9.17, 15) is 14.7 Å². The highest BCUT2D eigenvalue weighted by atomic mass is 32.2. The van der Waals surface area contributed by atoms with Gasteiger partial charge in [0, 0.05) is 11.7 Å². The summed E-state index contributed by atoms with van der Waals surface area (Å²) < 4.78 is 5.89. The number of aliphatic carboxylic acids is 1. The van der Waals surface area contributed by atoms with Gasteiger partial charge in [0.2, 0.25) is 5.91 Å². The van der Waals surface area contributed by atoms with Gasteiger partial charge in [-0.1, -0.05) is 42.5 Å². The molecule has 4 rings (SSSR count). The standard InChI is InChI=1S/C21H21NO4S/c23-19(15-9-10-15)22-18(21(24)25)13-27-20(22)16-7-4-8-17(11-16)26-12-14-5-2-1-3-6-14/h1-8,11,15,18,20H,9-10,12-13H2,(H,24,25). The van der Waals surface area contributed by atoms with Crippen molar-refractivity contribution in [2.75, 3.05) is 5.75 Å². The number of carbonyl (C=O) groups is 2. The van der Waals surface area contributed by atoms with Crippen molar-refractivity contribution in [1.82, 2.24) is 4.90 Å². The van der Waals surface area contributed by atoms with Gasteiger partial charge in [0.1, 0.15) is 23.8 Å². The Balaban J connectivity index is 1.53. The van der Waals surface area contributed by atoms with E-state index in [-0.39, 0.29) is 17.2 Å². The topological polar surface area (TPSA) is 66.8 Å². The highest BCUT2D eigenvalue weighted by molar-refractivity contribution is 7.99. The van der Waals surface area contributed by atoms with Gasteiger partial charge in [-0.05, 0) is 36.1 Å². The number of thioether (sulfide) groups is 1. The smallest absolute Gasteiger partial charge is 0.327 e. The second-order valence-electron chi connectivity index (χ2n) is 6.91. The molecule has 2 aromatic rings. The Kier molecular flexibility index (Phi) is 5.07. The van der Waals surface area contributed by atoms with Crippen molar-refractivity contribution in [3.05, 3.63) is 65.7 Å². The van der Waals surface area contributed by atoms with E-state index in [0.717, 1.165) is 29.7 Å². The molecule has 140 valence electrons. The van der Waals surface area contributed by atoms with E-state index >= 15 is 0 Å². The van der Waals surface area contributed by atoms with Crippen molar-refractivity contribution < 1.29 is 19.4 Å². The van der Waals surface area contributed by atoms with E-state index in [1.807, 2.05) is 54.6 Å². The molecule has 0 bridgehead atoms. The molecular weight excluding hydrogens is 362 g/mol. The molecule has 1 heterocycles. The maximum Gasteiger partial charge on any atom is 0.327 e. The molecule has 27 heavy (non-hydrogen) atoms. The van der Waals surface area contributed by atoms with Crippen LogP contribution >= 0.6 is 11.8 Å². The summed E-state index contributed by atoms with van der Waals surface area (Å²) in [5, 5.41) is 9.25. The fraction of sp³-hybridized carbons (Fsp3) is 0.333. The van der Waals surface area contributed by atoms with Gasteiger partial charge in [0.15, 0.2) is 0 Å². The molecule has 1 N–H and O–H groups in total. The lowest BCUT2D eigenvalue weighted by molar-refractivity contribution is -0.149. The van der Waals surface area contributed by atoms with Crippen LogP contribution in [0.1, 0.15) is 29.3 Å². The first-order chi connectivity index (χ1) is 13.1. The Labute approximate surface area is 162 Å². The van der Waals surface area contributed by atoms with Crippen molar-refractivity contribution in [3.63, 3.8) is 0 Å². The number of carboxylic acid groups (broad SMARTS) is 1. The summed E-state index contributed by atoms with van der Waals surface area (Å²) in [7, 11) is 0. The van der Waals surface area contributed by atoms with Crippen molar-refractivity contribution in [2.45, 2.75) is 30.9 Å². The molecule has 1 aliphatic carbocycles. The van der Waals surface area contributed by atoms with Gasteiger partial charge in [-0.3, -0.25) is 4.79 Å². The summed E-state index contributed by atoms with van der Waals surface area (Å²) in [6, 6.07) is 16.8. The van der Waals surface area contributed by atoms with Gasteiger partial charge < -0.3 is 14.7 Å². The number of amides is 1.